The van der Waals surface area contributed by atoms with Crippen LogP contribution in [0, 0.1) is 0 Å². The van der Waals surface area contributed by atoms with Crippen LogP contribution in [0.5, 0.6) is 0 Å². The molecule has 1 rings (SSSR count). The number of thiol groups is 1. The highest BCUT2D eigenvalue weighted by atomic mass is 32.1. The fourth-order valence-electron chi connectivity index (χ4n) is 0.552. The second kappa shape index (κ2) is 2.74. The van der Waals surface area contributed by atoms with Gasteiger partial charge in [-0.05, 0) is 0 Å². The van der Waals surface area contributed by atoms with Crippen LogP contribution in [0.4, 0.5) is 0 Å². The summed E-state index contributed by atoms with van der Waals surface area (Å²) < 4.78 is 0. The molecular formula is C5H6N2O2S. The van der Waals surface area contributed by atoms with Gasteiger partial charge < -0.3 is 10.1 Å². The average molecular weight is 158 g/mol. The topological polar surface area (TPSA) is 66.0 Å². The number of aromatic carboxylic acids is 1. The number of hydrogen-bond donors (Lipinski definition) is 3. The maximum Gasteiger partial charge on any atom is 0.353 e. The fourth-order valence-corrected chi connectivity index (χ4v) is 0.712. The van der Waals surface area contributed by atoms with Crippen LogP contribution in [0.25, 0.3) is 0 Å². The molecule has 0 unspecified atom stereocenters. The summed E-state index contributed by atoms with van der Waals surface area (Å²) in [6, 6.07) is 0. The van der Waals surface area contributed by atoms with E-state index in [-0.39, 0.29) is 5.69 Å². The molecule has 10 heavy (non-hydrogen) atoms. The minimum Gasteiger partial charge on any atom is -0.477 e. The number of aromatic nitrogens is 2. The zero-order valence-electron chi connectivity index (χ0n) is 5.03. The normalized spacial score (nSPS) is 9.70. The monoisotopic (exact) mass is 158 g/mol. The Kier molecular flexibility index (Phi) is 1.96. The highest BCUT2D eigenvalue weighted by Gasteiger charge is 2.04. The predicted octanol–water partition coefficient (Wildman–Crippen LogP) is 0.538. The van der Waals surface area contributed by atoms with E-state index in [4.69, 9.17) is 5.11 Å². The molecule has 0 saturated carbocycles. The molecule has 0 saturated heterocycles. The molecule has 0 aliphatic rings. The van der Waals surface area contributed by atoms with Gasteiger partial charge in [0.1, 0.15) is 11.5 Å². The number of rotatable bonds is 2. The zero-order valence-corrected chi connectivity index (χ0v) is 5.93. The van der Waals surface area contributed by atoms with Gasteiger partial charge in [-0.3, -0.25) is 0 Å². The van der Waals surface area contributed by atoms with Gasteiger partial charge in [0.2, 0.25) is 0 Å². The Morgan fingerprint density at radius 3 is 2.90 bits per heavy atom. The Bertz CT molecular complexity index is 246. The molecule has 0 amide bonds. The quantitative estimate of drug-likeness (QED) is 0.550. The third-order valence-electron chi connectivity index (χ3n) is 1.01. The van der Waals surface area contributed by atoms with Crippen LogP contribution in [-0.2, 0) is 5.75 Å². The molecule has 4 nitrogen and oxygen atoms in total. The third kappa shape index (κ3) is 1.30. The van der Waals surface area contributed by atoms with Crippen molar-refractivity contribution < 1.29 is 9.90 Å². The minimum atomic E-state index is -1.000. The molecule has 0 atom stereocenters. The van der Waals surface area contributed by atoms with E-state index in [1.165, 1.54) is 6.20 Å². The average Bonchev–Trinajstić information content (AvgIpc) is 2.34. The highest BCUT2D eigenvalue weighted by Crippen LogP contribution is 1.98. The molecule has 0 spiro atoms. The van der Waals surface area contributed by atoms with Gasteiger partial charge in [-0.25, -0.2) is 9.78 Å². The molecule has 54 valence electrons. The van der Waals surface area contributed by atoms with Crippen LogP contribution in [0.3, 0.4) is 0 Å². The predicted molar refractivity (Wildman–Crippen MR) is 38.2 cm³/mol. The molecule has 1 aromatic rings. The fraction of sp³-hybridized carbons (Fsp3) is 0.200. The summed E-state index contributed by atoms with van der Waals surface area (Å²) in [6.45, 7) is 0. The SMILES string of the molecule is O=C(O)c1cnc(CS)[nH]1. The van der Waals surface area contributed by atoms with E-state index in [1.54, 1.807) is 0 Å². The van der Waals surface area contributed by atoms with E-state index in [2.05, 4.69) is 22.6 Å². The van der Waals surface area contributed by atoms with E-state index in [0.29, 0.717) is 11.6 Å². The number of aromatic amines is 1. The molecule has 1 aromatic heterocycles. The molecule has 0 fully saturated rings. The summed E-state index contributed by atoms with van der Waals surface area (Å²) in [5.41, 5.74) is 0.101. The van der Waals surface area contributed by atoms with Gasteiger partial charge in [-0.2, -0.15) is 12.6 Å². The van der Waals surface area contributed by atoms with E-state index in [1.807, 2.05) is 0 Å². The minimum absolute atomic E-state index is 0.101. The Balaban J connectivity index is 2.88. The zero-order chi connectivity index (χ0) is 7.56. The van der Waals surface area contributed by atoms with Gasteiger partial charge in [-0.15, -0.1) is 0 Å². The number of carboxylic acids is 1. The van der Waals surface area contributed by atoms with Crippen LogP contribution in [0.15, 0.2) is 6.20 Å². The van der Waals surface area contributed by atoms with Crippen molar-refractivity contribution in [2.75, 3.05) is 0 Å². The lowest BCUT2D eigenvalue weighted by molar-refractivity contribution is 0.0691. The molecule has 5 heteroatoms. The summed E-state index contributed by atoms with van der Waals surface area (Å²) in [4.78, 5) is 16.6. The number of carboxylic acid groups (broad SMARTS) is 1. The Labute approximate surface area is 62.7 Å². The number of nitrogens with one attached hydrogen (secondary N) is 1. The van der Waals surface area contributed by atoms with E-state index in [0.717, 1.165) is 0 Å². The van der Waals surface area contributed by atoms with Crippen LogP contribution < -0.4 is 0 Å². The molecule has 2 N–H and O–H groups in total. The maximum absolute atomic E-state index is 10.2. The number of imidazole rings is 1. The summed E-state index contributed by atoms with van der Waals surface area (Å²) in [6.07, 6.45) is 1.27. The first-order valence-electron chi connectivity index (χ1n) is 2.62. The molecule has 0 aromatic carbocycles. The van der Waals surface area contributed by atoms with E-state index >= 15 is 0 Å². The lowest BCUT2D eigenvalue weighted by atomic mass is 10.5. The van der Waals surface area contributed by atoms with Crippen molar-refractivity contribution in [3.63, 3.8) is 0 Å². The maximum atomic E-state index is 10.2. The summed E-state index contributed by atoms with van der Waals surface area (Å²) in [7, 11) is 0. The van der Waals surface area contributed by atoms with Crippen molar-refractivity contribution in [3.05, 3.63) is 17.7 Å². The van der Waals surface area contributed by atoms with Crippen molar-refractivity contribution >= 4 is 18.6 Å². The molecule has 0 bridgehead atoms. The Morgan fingerprint density at radius 2 is 2.60 bits per heavy atom. The molecular weight excluding hydrogens is 152 g/mol. The van der Waals surface area contributed by atoms with Crippen molar-refractivity contribution in [1.82, 2.24) is 9.97 Å². The van der Waals surface area contributed by atoms with Crippen molar-refractivity contribution in [3.8, 4) is 0 Å². The number of hydrogen-bond acceptors (Lipinski definition) is 3. The van der Waals surface area contributed by atoms with Crippen LogP contribution in [0.2, 0.25) is 0 Å². The first-order chi connectivity index (χ1) is 4.74. The van der Waals surface area contributed by atoms with E-state index in [9.17, 15) is 4.79 Å². The largest absolute Gasteiger partial charge is 0.477 e. The van der Waals surface area contributed by atoms with Crippen molar-refractivity contribution in [1.29, 1.82) is 0 Å². The molecule has 0 aliphatic heterocycles. The molecule has 0 radical (unpaired) electrons. The molecule has 1 heterocycles. The summed E-state index contributed by atoms with van der Waals surface area (Å²) >= 11 is 3.91. The van der Waals surface area contributed by atoms with Crippen LogP contribution in [0.1, 0.15) is 16.3 Å². The van der Waals surface area contributed by atoms with Gasteiger partial charge in [0.25, 0.3) is 0 Å². The first-order valence-corrected chi connectivity index (χ1v) is 3.25. The lowest BCUT2D eigenvalue weighted by Crippen LogP contribution is -1.95. The number of nitrogens with zero attached hydrogens (tertiary/aromatic N) is 1. The smallest absolute Gasteiger partial charge is 0.353 e. The number of carbonyl (C=O) groups is 1. The van der Waals surface area contributed by atoms with E-state index < -0.39 is 5.97 Å². The third-order valence-corrected chi connectivity index (χ3v) is 1.31. The summed E-state index contributed by atoms with van der Waals surface area (Å²) in [5, 5.41) is 8.40. The summed E-state index contributed by atoms with van der Waals surface area (Å²) in [5.74, 6) is -0.00549. The highest BCUT2D eigenvalue weighted by molar-refractivity contribution is 7.79. The Morgan fingerprint density at radius 1 is 1.90 bits per heavy atom. The van der Waals surface area contributed by atoms with Crippen molar-refractivity contribution in [2.24, 2.45) is 0 Å². The standard InChI is InChI=1S/C5H6N2O2S/c8-5(9)3-1-6-4(2-10)7-3/h1,10H,2H2,(H,6,7)(H,8,9). The first kappa shape index (κ1) is 7.14. The van der Waals surface area contributed by atoms with Crippen LogP contribution >= 0.6 is 12.6 Å². The second-order valence-corrected chi connectivity index (χ2v) is 2.02. The Hall–Kier alpha value is -0.970. The second-order valence-electron chi connectivity index (χ2n) is 1.71. The van der Waals surface area contributed by atoms with Gasteiger partial charge in [-0.1, -0.05) is 0 Å². The molecule has 0 aliphatic carbocycles. The van der Waals surface area contributed by atoms with Crippen molar-refractivity contribution in [2.45, 2.75) is 5.75 Å². The van der Waals surface area contributed by atoms with Gasteiger partial charge in [0.05, 0.1) is 6.20 Å². The lowest BCUT2D eigenvalue weighted by Gasteiger charge is -1.84. The van der Waals surface area contributed by atoms with Gasteiger partial charge >= 0.3 is 5.97 Å². The number of H-pyrrole nitrogens is 1. The van der Waals surface area contributed by atoms with Gasteiger partial charge in [0, 0.05) is 5.75 Å². The van der Waals surface area contributed by atoms with Crippen LogP contribution in [-0.4, -0.2) is 21.0 Å². The van der Waals surface area contributed by atoms with Gasteiger partial charge in [0.15, 0.2) is 0 Å².